The van der Waals surface area contributed by atoms with E-state index in [9.17, 15) is 9.18 Å². The first-order valence-electron chi connectivity index (χ1n) is 4.67. The van der Waals surface area contributed by atoms with Gasteiger partial charge in [0.15, 0.2) is 5.69 Å². The van der Waals surface area contributed by atoms with Gasteiger partial charge in [-0.1, -0.05) is 0 Å². The van der Waals surface area contributed by atoms with Gasteiger partial charge in [-0.3, -0.25) is 4.79 Å². The Labute approximate surface area is 110 Å². The Hall–Kier alpha value is -1.51. The van der Waals surface area contributed by atoms with Gasteiger partial charge in [0.1, 0.15) is 11.5 Å². The van der Waals surface area contributed by atoms with Crippen molar-refractivity contribution in [2.24, 2.45) is 5.73 Å². The largest absolute Gasteiger partial charge is 0.364 e. The molecular weight excluding hydrogens is 338 g/mol. The Morgan fingerprint density at radius 3 is 2.76 bits per heavy atom. The minimum atomic E-state index is -0.704. The average Bonchev–Trinajstić information content (AvgIpc) is 2.74. The first-order valence-corrected chi connectivity index (χ1v) is 5.75. The third kappa shape index (κ3) is 2.14. The number of aromatic amines is 1. The summed E-state index contributed by atoms with van der Waals surface area (Å²) in [6, 6.07) is 3.03. The van der Waals surface area contributed by atoms with Crippen LogP contribution >= 0.6 is 22.6 Å². The van der Waals surface area contributed by atoms with Crippen LogP contribution in [-0.2, 0) is 0 Å². The van der Waals surface area contributed by atoms with Crippen LogP contribution in [0.25, 0.3) is 11.3 Å². The maximum absolute atomic E-state index is 13.6. The second-order valence-electron chi connectivity index (χ2n) is 3.45. The molecule has 0 aliphatic rings. The minimum absolute atomic E-state index is 0.00375. The fraction of sp³-hybridized carbons (Fsp3) is 0.100. The molecule has 7 heteroatoms. The van der Waals surface area contributed by atoms with Crippen molar-refractivity contribution < 1.29 is 9.18 Å². The van der Waals surface area contributed by atoms with Crippen LogP contribution in [0.15, 0.2) is 12.1 Å². The highest BCUT2D eigenvalue weighted by molar-refractivity contribution is 14.1. The van der Waals surface area contributed by atoms with Gasteiger partial charge in [0, 0.05) is 9.13 Å². The first kappa shape index (κ1) is 12.0. The molecule has 0 atom stereocenters. The summed E-state index contributed by atoms with van der Waals surface area (Å²) >= 11 is 2.01. The fourth-order valence-electron chi connectivity index (χ4n) is 1.39. The monoisotopic (exact) mass is 346 g/mol. The van der Waals surface area contributed by atoms with E-state index in [0.717, 1.165) is 3.57 Å². The molecule has 0 spiro atoms. The van der Waals surface area contributed by atoms with Crippen molar-refractivity contribution in [3.05, 3.63) is 32.8 Å². The first-order chi connectivity index (χ1) is 8.00. The molecular formula is C10H8FIN4O. The number of nitrogens with zero attached hydrogens (tertiary/aromatic N) is 2. The lowest BCUT2D eigenvalue weighted by atomic mass is 10.1. The highest BCUT2D eigenvalue weighted by Crippen LogP contribution is 2.25. The Bertz CT molecular complexity index is 573. The standard InChI is InChI=1S/C10H8FIN4O/c1-4-6(11)2-5(3-7(4)12)8-9(10(13)17)15-16-14-8/h2-3H,1H3,(H2,13,17)(H,14,15,16). The van der Waals surface area contributed by atoms with Gasteiger partial charge < -0.3 is 5.73 Å². The number of rotatable bonds is 2. The van der Waals surface area contributed by atoms with Crippen molar-refractivity contribution >= 4 is 28.5 Å². The zero-order valence-electron chi connectivity index (χ0n) is 8.79. The predicted molar refractivity (Wildman–Crippen MR) is 67.7 cm³/mol. The SMILES string of the molecule is Cc1c(F)cc(-c2n[nH]nc2C(N)=O)cc1I. The molecule has 0 saturated carbocycles. The topological polar surface area (TPSA) is 84.7 Å². The van der Waals surface area contributed by atoms with Crippen LogP contribution in [0.2, 0.25) is 0 Å². The van der Waals surface area contributed by atoms with Gasteiger partial charge in [0.25, 0.3) is 5.91 Å². The van der Waals surface area contributed by atoms with Crippen LogP contribution in [0.4, 0.5) is 4.39 Å². The molecule has 5 nitrogen and oxygen atoms in total. The Morgan fingerprint density at radius 1 is 1.47 bits per heavy atom. The van der Waals surface area contributed by atoms with Gasteiger partial charge in [0.05, 0.1) is 0 Å². The zero-order chi connectivity index (χ0) is 12.6. The second kappa shape index (κ2) is 4.40. The van der Waals surface area contributed by atoms with Crippen LogP contribution < -0.4 is 5.73 Å². The number of H-pyrrole nitrogens is 1. The summed E-state index contributed by atoms with van der Waals surface area (Å²) in [7, 11) is 0. The van der Waals surface area contributed by atoms with E-state index in [1.807, 2.05) is 22.6 Å². The molecule has 0 fully saturated rings. The van der Waals surface area contributed by atoms with Gasteiger partial charge >= 0.3 is 0 Å². The molecule has 1 aromatic heterocycles. The van der Waals surface area contributed by atoms with Crippen LogP contribution in [0.5, 0.6) is 0 Å². The number of benzene rings is 1. The minimum Gasteiger partial charge on any atom is -0.364 e. The van der Waals surface area contributed by atoms with E-state index >= 15 is 0 Å². The zero-order valence-corrected chi connectivity index (χ0v) is 10.9. The van der Waals surface area contributed by atoms with Gasteiger partial charge in [-0.2, -0.15) is 15.4 Å². The number of carbonyl (C=O) groups excluding carboxylic acids is 1. The number of aromatic nitrogens is 3. The van der Waals surface area contributed by atoms with Crippen molar-refractivity contribution in [1.29, 1.82) is 0 Å². The Balaban J connectivity index is 2.61. The molecule has 1 aromatic carbocycles. The summed E-state index contributed by atoms with van der Waals surface area (Å²) in [6.07, 6.45) is 0. The second-order valence-corrected chi connectivity index (χ2v) is 4.61. The summed E-state index contributed by atoms with van der Waals surface area (Å²) in [5, 5.41) is 9.76. The van der Waals surface area contributed by atoms with Crippen LogP contribution in [-0.4, -0.2) is 21.3 Å². The third-order valence-electron chi connectivity index (χ3n) is 2.34. The molecule has 0 unspecified atom stereocenters. The van der Waals surface area contributed by atoms with Crippen LogP contribution in [0.3, 0.4) is 0 Å². The highest BCUT2D eigenvalue weighted by atomic mass is 127. The molecule has 17 heavy (non-hydrogen) atoms. The van der Waals surface area contributed by atoms with E-state index in [1.54, 1.807) is 13.0 Å². The summed E-state index contributed by atoms with van der Waals surface area (Å²) in [5.74, 6) is -1.06. The van der Waals surface area contributed by atoms with Gasteiger partial charge in [-0.25, -0.2) is 4.39 Å². The summed E-state index contributed by atoms with van der Waals surface area (Å²) in [5.41, 5.74) is 6.43. The van der Waals surface area contributed by atoms with E-state index in [4.69, 9.17) is 5.73 Å². The highest BCUT2D eigenvalue weighted by Gasteiger charge is 2.17. The molecule has 2 aromatic rings. The molecule has 3 N–H and O–H groups in total. The third-order valence-corrected chi connectivity index (χ3v) is 3.46. The Kier molecular flexibility index (Phi) is 3.09. The number of nitrogens with two attached hydrogens (primary N) is 1. The summed E-state index contributed by atoms with van der Waals surface area (Å²) in [4.78, 5) is 11.1. The van der Waals surface area contributed by atoms with Crippen molar-refractivity contribution in [1.82, 2.24) is 15.4 Å². The molecule has 0 bridgehead atoms. The molecule has 0 aliphatic carbocycles. The van der Waals surface area contributed by atoms with E-state index in [-0.39, 0.29) is 17.2 Å². The quantitative estimate of drug-likeness (QED) is 0.811. The van der Waals surface area contributed by atoms with Crippen LogP contribution in [0.1, 0.15) is 16.1 Å². The van der Waals surface area contributed by atoms with Gasteiger partial charge in [0.2, 0.25) is 0 Å². The molecule has 0 saturated heterocycles. The van der Waals surface area contributed by atoms with Crippen molar-refractivity contribution in [3.8, 4) is 11.3 Å². The van der Waals surface area contributed by atoms with E-state index < -0.39 is 5.91 Å². The molecule has 1 heterocycles. The van der Waals surface area contributed by atoms with E-state index in [0.29, 0.717) is 11.1 Å². The summed E-state index contributed by atoms with van der Waals surface area (Å²) < 4.78 is 14.3. The maximum atomic E-state index is 13.6. The molecule has 88 valence electrons. The lowest BCUT2D eigenvalue weighted by molar-refractivity contribution is 0.0996. The number of primary amides is 1. The average molecular weight is 346 g/mol. The number of hydrogen-bond acceptors (Lipinski definition) is 3. The number of hydrogen-bond donors (Lipinski definition) is 2. The summed E-state index contributed by atoms with van der Waals surface area (Å²) in [6.45, 7) is 1.68. The van der Waals surface area contributed by atoms with E-state index in [1.165, 1.54) is 6.07 Å². The molecule has 2 rings (SSSR count). The van der Waals surface area contributed by atoms with Crippen molar-refractivity contribution in [2.75, 3.05) is 0 Å². The van der Waals surface area contributed by atoms with Crippen molar-refractivity contribution in [3.63, 3.8) is 0 Å². The van der Waals surface area contributed by atoms with Crippen molar-refractivity contribution in [2.45, 2.75) is 6.92 Å². The normalized spacial score (nSPS) is 10.5. The lowest BCUT2D eigenvalue weighted by Crippen LogP contribution is -2.12. The Morgan fingerprint density at radius 2 is 2.18 bits per heavy atom. The molecule has 1 amide bonds. The maximum Gasteiger partial charge on any atom is 0.271 e. The van der Waals surface area contributed by atoms with Gasteiger partial charge in [-0.15, -0.1) is 0 Å². The van der Waals surface area contributed by atoms with Gasteiger partial charge in [-0.05, 0) is 47.2 Å². The number of amides is 1. The number of carbonyl (C=O) groups is 1. The molecule has 0 radical (unpaired) electrons. The predicted octanol–water partition coefficient (Wildman–Crippen LogP) is 1.62. The van der Waals surface area contributed by atoms with Crippen LogP contribution in [0, 0.1) is 16.3 Å². The molecule has 0 aliphatic heterocycles. The van der Waals surface area contributed by atoms with E-state index in [2.05, 4.69) is 15.4 Å². The fourth-order valence-corrected chi connectivity index (χ4v) is 1.98. The number of nitrogens with one attached hydrogen (secondary N) is 1. The number of halogens is 2. The smallest absolute Gasteiger partial charge is 0.271 e. The lowest BCUT2D eigenvalue weighted by Gasteiger charge is -2.04.